The number of carboxylic acids is 1. The first-order chi connectivity index (χ1) is 14.2. The van der Waals surface area contributed by atoms with E-state index in [1.165, 1.54) is 12.1 Å². The average Bonchev–Trinajstić information content (AvgIpc) is 2.61. The smallest absolute Gasteiger partial charge is 0.407 e. The molecule has 0 radical (unpaired) electrons. The summed E-state index contributed by atoms with van der Waals surface area (Å²) < 4.78 is 32.8. The maximum Gasteiger partial charge on any atom is 0.407 e. The Morgan fingerprint density at radius 2 is 1.97 bits per heavy atom. The summed E-state index contributed by atoms with van der Waals surface area (Å²) in [5.41, 5.74) is -0.563. The Morgan fingerprint density at radius 3 is 2.55 bits per heavy atom. The molecular formula is C19H25N3O8S. The first-order valence-electron chi connectivity index (χ1n) is 9.31. The van der Waals surface area contributed by atoms with Crippen LogP contribution >= 0.6 is 0 Å². The lowest BCUT2D eigenvalue weighted by molar-refractivity contribution is -0.138. The number of fused-ring (bicyclic) bond motifs is 1. The number of rotatable bonds is 8. The van der Waals surface area contributed by atoms with Crippen molar-refractivity contribution in [2.75, 3.05) is 17.3 Å². The molecule has 31 heavy (non-hydrogen) atoms. The molecule has 1 amide bonds. The van der Waals surface area contributed by atoms with Gasteiger partial charge in [0.2, 0.25) is 0 Å². The molecule has 0 bridgehead atoms. The third kappa shape index (κ3) is 7.89. The first-order valence-corrected chi connectivity index (χ1v) is 11.4. The van der Waals surface area contributed by atoms with Gasteiger partial charge in [0.1, 0.15) is 21.5 Å². The van der Waals surface area contributed by atoms with Gasteiger partial charge in [-0.05, 0) is 44.9 Å². The number of sulfone groups is 1. The normalized spacial score (nSPS) is 12.9. The molecule has 1 atom stereocenters. The van der Waals surface area contributed by atoms with Crippen LogP contribution < -0.4 is 16.3 Å². The van der Waals surface area contributed by atoms with E-state index >= 15 is 0 Å². The minimum atomic E-state index is -3.37. The van der Waals surface area contributed by atoms with Crippen molar-refractivity contribution in [3.63, 3.8) is 0 Å². The van der Waals surface area contributed by atoms with Crippen molar-refractivity contribution in [2.45, 2.75) is 45.4 Å². The van der Waals surface area contributed by atoms with Gasteiger partial charge in [-0.1, -0.05) is 6.07 Å². The van der Waals surface area contributed by atoms with Crippen LogP contribution in [-0.4, -0.2) is 54.2 Å². The minimum Gasteiger partial charge on any atom is -0.480 e. The number of amides is 1. The molecular weight excluding hydrogens is 430 g/mol. The van der Waals surface area contributed by atoms with E-state index in [0.29, 0.717) is 5.56 Å². The minimum absolute atomic E-state index is 0.108. The fourth-order valence-corrected chi connectivity index (χ4v) is 3.18. The van der Waals surface area contributed by atoms with Gasteiger partial charge in [-0.15, -0.1) is 0 Å². The van der Waals surface area contributed by atoms with Gasteiger partial charge in [0.25, 0.3) is 6.01 Å². The number of carbonyl (C=O) groups excluding carboxylic acids is 1. The zero-order valence-electron chi connectivity index (χ0n) is 17.6. The molecule has 1 heterocycles. The van der Waals surface area contributed by atoms with E-state index in [9.17, 15) is 27.9 Å². The van der Waals surface area contributed by atoms with E-state index in [-0.39, 0.29) is 35.6 Å². The van der Waals surface area contributed by atoms with Crippen LogP contribution in [-0.2, 0) is 25.9 Å². The zero-order chi connectivity index (χ0) is 23.4. The number of carbonyl (C=O) groups is 2. The molecule has 0 aliphatic heterocycles. The first kappa shape index (κ1) is 24.1. The van der Waals surface area contributed by atoms with Gasteiger partial charge in [-0.2, -0.15) is 4.98 Å². The van der Waals surface area contributed by atoms with Crippen molar-refractivity contribution in [1.82, 2.24) is 10.3 Å². The molecule has 0 aliphatic rings. The highest BCUT2D eigenvalue weighted by atomic mass is 32.2. The molecule has 2 rings (SSSR count). The number of carboxylic acid groups (broad SMARTS) is 1. The van der Waals surface area contributed by atoms with E-state index < -0.39 is 39.2 Å². The van der Waals surface area contributed by atoms with E-state index in [0.717, 1.165) is 6.26 Å². The van der Waals surface area contributed by atoms with Crippen molar-refractivity contribution in [1.29, 1.82) is 0 Å². The molecule has 12 heteroatoms. The fraction of sp³-hybridized carbons (Fsp3) is 0.474. The van der Waals surface area contributed by atoms with Crippen LogP contribution in [0.4, 0.5) is 10.8 Å². The fourth-order valence-electron chi connectivity index (χ4n) is 2.52. The molecule has 3 N–H and O–H groups in total. The predicted octanol–water partition coefficient (Wildman–Crippen LogP) is 1.51. The summed E-state index contributed by atoms with van der Waals surface area (Å²) >= 11 is 0. The number of ether oxygens (including phenoxy) is 1. The predicted molar refractivity (Wildman–Crippen MR) is 113 cm³/mol. The van der Waals surface area contributed by atoms with Crippen molar-refractivity contribution in [2.24, 2.45) is 0 Å². The number of aliphatic carboxylic acids is 1. The Bertz CT molecular complexity index is 1140. The molecule has 0 unspecified atom stereocenters. The van der Waals surface area contributed by atoms with Crippen LogP contribution in [0.15, 0.2) is 27.4 Å². The van der Waals surface area contributed by atoms with Gasteiger partial charge in [-0.3, -0.25) is 0 Å². The topological polar surface area (TPSA) is 165 Å². The molecule has 0 fully saturated rings. The third-order valence-electron chi connectivity index (χ3n) is 3.90. The van der Waals surface area contributed by atoms with Gasteiger partial charge in [0.05, 0.1) is 16.7 Å². The van der Waals surface area contributed by atoms with Crippen LogP contribution in [0.2, 0.25) is 0 Å². The molecule has 1 aromatic heterocycles. The lowest BCUT2D eigenvalue weighted by Crippen LogP contribution is -2.32. The Balaban J connectivity index is 2.17. The van der Waals surface area contributed by atoms with E-state index in [2.05, 4.69) is 15.6 Å². The maximum atomic E-state index is 12.3. The number of nitrogens with one attached hydrogen (secondary N) is 2. The Hall–Kier alpha value is -3.15. The van der Waals surface area contributed by atoms with Crippen LogP contribution in [0.3, 0.4) is 0 Å². The highest BCUT2D eigenvalue weighted by Crippen LogP contribution is 2.15. The lowest BCUT2D eigenvalue weighted by Gasteiger charge is -2.19. The van der Waals surface area contributed by atoms with Gasteiger partial charge in [0.15, 0.2) is 0 Å². The number of benzene rings is 1. The van der Waals surface area contributed by atoms with Crippen LogP contribution in [0.25, 0.3) is 10.9 Å². The Kier molecular flexibility index (Phi) is 7.26. The molecule has 0 aliphatic carbocycles. The third-order valence-corrected chi connectivity index (χ3v) is 4.88. The molecule has 170 valence electrons. The second-order valence-electron chi connectivity index (χ2n) is 7.97. The number of hydrogen-bond donors (Lipinski definition) is 3. The number of nitrogens with zero attached hydrogens (tertiary/aromatic N) is 1. The van der Waals surface area contributed by atoms with Gasteiger partial charge in [-0.25, -0.2) is 22.8 Å². The van der Waals surface area contributed by atoms with Crippen molar-refractivity contribution >= 4 is 38.8 Å². The largest absolute Gasteiger partial charge is 0.480 e. The summed E-state index contributed by atoms with van der Waals surface area (Å²) in [7, 11) is -3.37. The maximum absolute atomic E-state index is 12.3. The summed E-state index contributed by atoms with van der Waals surface area (Å²) in [5, 5.41) is 14.4. The van der Waals surface area contributed by atoms with Crippen molar-refractivity contribution in [3.8, 4) is 0 Å². The lowest BCUT2D eigenvalue weighted by atomic mass is 10.1. The van der Waals surface area contributed by atoms with Gasteiger partial charge >= 0.3 is 17.7 Å². The number of hydrogen-bond acceptors (Lipinski definition) is 9. The summed E-state index contributed by atoms with van der Waals surface area (Å²) in [6, 6.07) is 3.01. The van der Waals surface area contributed by atoms with Crippen LogP contribution in [0.1, 0.15) is 32.8 Å². The van der Waals surface area contributed by atoms with Crippen molar-refractivity contribution < 1.29 is 32.3 Å². The molecule has 0 saturated carbocycles. The number of aromatic nitrogens is 1. The standard InChI is InChI=1S/C19H25N3O8S/c1-19(2,3)30-18(26)20-10-11-5-6-13-12(9-11)16(25)29-17(21-13)22-14(15(23)24)7-8-31(4,27)28/h5-6,9,14H,7-8,10H2,1-4H3,(H,20,26)(H,21,22)(H,23,24)/t14-/m0/s1. The van der Waals surface area contributed by atoms with Gasteiger partial charge in [0, 0.05) is 12.8 Å². The van der Waals surface area contributed by atoms with Crippen molar-refractivity contribution in [3.05, 3.63) is 34.2 Å². The monoisotopic (exact) mass is 455 g/mol. The quantitative estimate of drug-likeness (QED) is 0.531. The van der Waals surface area contributed by atoms with Crippen LogP contribution in [0, 0.1) is 0 Å². The summed E-state index contributed by atoms with van der Waals surface area (Å²) in [4.78, 5) is 39.6. The SMILES string of the molecule is CC(C)(C)OC(=O)NCc1ccc2nc(N[C@@H](CCS(C)(=O)=O)C(=O)O)oc(=O)c2c1. The molecule has 1 aromatic carbocycles. The van der Waals surface area contributed by atoms with Gasteiger partial charge < -0.3 is 24.9 Å². The summed E-state index contributed by atoms with van der Waals surface area (Å²) in [6.07, 6.45) is 0.161. The Labute approximate surface area is 178 Å². The number of alkyl carbamates (subject to hydrolysis) is 1. The van der Waals surface area contributed by atoms with E-state index in [1.54, 1.807) is 26.8 Å². The molecule has 2 aromatic rings. The van der Waals surface area contributed by atoms with E-state index in [4.69, 9.17) is 9.15 Å². The second kappa shape index (κ2) is 9.33. The molecule has 0 saturated heterocycles. The van der Waals surface area contributed by atoms with Crippen LogP contribution in [0.5, 0.6) is 0 Å². The highest BCUT2D eigenvalue weighted by Gasteiger charge is 2.22. The van der Waals surface area contributed by atoms with E-state index in [1.807, 2.05) is 0 Å². The molecule has 0 spiro atoms. The molecule has 11 nitrogen and oxygen atoms in total. The Morgan fingerprint density at radius 1 is 1.29 bits per heavy atom. The zero-order valence-corrected chi connectivity index (χ0v) is 18.4. The highest BCUT2D eigenvalue weighted by molar-refractivity contribution is 7.90. The second-order valence-corrected chi connectivity index (χ2v) is 10.2. The number of anilines is 1. The summed E-state index contributed by atoms with van der Waals surface area (Å²) in [5.74, 6) is -1.67. The summed E-state index contributed by atoms with van der Waals surface area (Å²) in [6.45, 7) is 5.32. The average molecular weight is 455 g/mol.